The molecule has 0 saturated carbocycles. The van der Waals surface area contributed by atoms with Crippen LogP contribution in [0.5, 0.6) is 0 Å². The number of aromatic nitrogens is 4. The fourth-order valence-corrected chi connectivity index (χ4v) is 3.04. The topological polar surface area (TPSA) is 94.9 Å². The Morgan fingerprint density at radius 3 is 3.04 bits per heavy atom. The standard InChI is InChI=1S/C16H17N5O3/c22-15(10-21-11-5-1-2-6-12(11)24-16(21)23)17-9-14-19-18-13-7-3-4-8-20(13)14/h1-2,5-6H,3-4,7-10H2,(H,17,22). The number of amides is 1. The third-order valence-electron chi connectivity index (χ3n) is 4.26. The maximum Gasteiger partial charge on any atom is 0.420 e. The molecule has 0 saturated heterocycles. The predicted molar refractivity (Wildman–Crippen MR) is 85.3 cm³/mol. The van der Waals surface area contributed by atoms with E-state index in [1.807, 2.05) is 0 Å². The highest BCUT2D eigenvalue weighted by atomic mass is 16.4. The summed E-state index contributed by atoms with van der Waals surface area (Å²) in [5.74, 6) is 0.924. The molecule has 1 N–H and O–H groups in total. The minimum atomic E-state index is -0.536. The monoisotopic (exact) mass is 327 g/mol. The molecule has 0 radical (unpaired) electrons. The third-order valence-corrected chi connectivity index (χ3v) is 4.26. The molecule has 1 amide bonds. The molecular formula is C16H17N5O3. The van der Waals surface area contributed by atoms with Crippen molar-refractivity contribution in [3.05, 3.63) is 46.5 Å². The van der Waals surface area contributed by atoms with Crippen molar-refractivity contribution in [1.29, 1.82) is 0 Å². The highest BCUT2D eigenvalue weighted by Gasteiger charge is 2.17. The molecule has 24 heavy (non-hydrogen) atoms. The first kappa shape index (κ1) is 14.7. The number of aryl methyl sites for hydroxylation is 1. The third kappa shape index (κ3) is 2.60. The first-order valence-electron chi connectivity index (χ1n) is 7.98. The van der Waals surface area contributed by atoms with Crippen LogP contribution in [0.15, 0.2) is 33.5 Å². The molecule has 1 aliphatic heterocycles. The van der Waals surface area contributed by atoms with Gasteiger partial charge in [0, 0.05) is 13.0 Å². The van der Waals surface area contributed by atoms with Gasteiger partial charge in [0.15, 0.2) is 11.4 Å². The van der Waals surface area contributed by atoms with Crippen LogP contribution in [0.4, 0.5) is 0 Å². The maximum atomic E-state index is 12.2. The first-order chi connectivity index (χ1) is 11.7. The molecule has 2 aromatic heterocycles. The summed E-state index contributed by atoms with van der Waals surface area (Å²) in [5, 5.41) is 11.1. The lowest BCUT2D eigenvalue weighted by Crippen LogP contribution is -2.31. The summed E-state index contributed by atoms with van der Waals surface area (Å²) in [7, 11) is 0. The summed E-state index contributed by atoms with van der Waals surface area (Å²) in [6.07, 6.45) is 3.15. The minimum Gasteiger partial charge on any atom is -0.408 e. The summed E-state index contributed by atoms with van der Waals surface area (Å²) in [5.41, 5.74) is 1.08. The zero-order chi connectivity index (χ0) is 16.5. The Bertz CT molecular complexity index is 952. The van der Waals surface area contributed by atoms with E-state index in [0.717, 1.165) is 37.5 Å². The molecule has 3 aromatic rings. The van der Waals surface area contributed by atoms with Crippen molar-refractivity contribution in [2.45, 2.75) is 38.9 Å². The quantitative estimate of drug-likeness (QED) is 0.766. The second kappa shape index (κ2) is 5.95. The van der Waals surface area contributed by atoms with E-state index in [9.17, 15) is 9.59 Å². The van der Waals surface area contributed by atoms with Gasteiger partial charge in [0.25, 0.3) is 0 Å². The number of carbonyl (C=O) groups excluding carboxylic acids is 1. The van der Waals surface area contributed by atoms with Crippen molar-refractivity contribution in [2.24, 2.45) is 0 Å². The van der Waals surface area contributed by atoms with Crippen LogP contribution in [-0.4, -0.2) is 25.2 Å². The normalized spacial score (nSPS) is 13.8. The maximum absolute atomic E-state index is 12.2. The van der Waals surface area contributed by atoms with E-state index < -0.39 is 5.76 Å². The number of hydrogen-bond donors (Lipinski definition) is 1. The summed E-state index contributed by atoms with van der Waals surface area (Å²) >= 11 is 0. The second-order valence-electron chi connectivity index (χ2n) is 5.84. The molecule has 4 rings (SSSR count). The largest absolute Gasteiger partial charge is 0.420 e. The van der Waals surface area contributed by atoms with Crippen LogP contribution in [0.2, 0.25) is 0 Å². The van der Waals surface area contributed by atoms with Crippen LogP contribution in [0.3, 0.4) is 0 Å². The zero-order valence-corrected chi connectivity index (χ0v) is 13.1. The van der Waals surface area contributed by atoms with E-state index in [-0.39, 0.29) is 12.5 Å². The van der Waals surface area contributed by atoms with Gasteiger partial charge >= 0.3 is 5.76 Å². The average molecular weight is 327 g/mol. The number of carbonyl (C=O) groups is 1. The van der Waals surface area contributed by atoms with Crippen molar-refractivity contribution in [3.8, 4) is 0 Å². The smallest absolute Gasteiger partial charge is 0.408 e. The van der Waals surface area contributed by atoms with Crippen molar-refractivity contribution in [1.82, 2.24) is 24.6 Å². The number of hydrogen-bond acceptors (Lipinski definition) is 5. The minimum absolute atomic E-state index is 0.0865. The van der Waals surface area contributed by atoms with Crippen molar-refractivity contribution in [3.63, 3.8) is 0 Å². The van der Waals surface area contributed by atoms with Crippen LogP contribution in [0.1, 0.15) is 24.5 Å². The fraction of sp³-hybridized carbons (Fsp3) is 0.375. The molecule has 0 bridgehead atoms. The zero-order valence-electron chi connectivity index (χ0n) is 13.1. The van der Waals surface area contributed by atoms with Crippen LogP contribution in [0, 0.1) is 0 Å². The van der Waals surface area contributed by atoms with Gasteiger partial charge in [0.1, 0.15) is 12.4 Å². The lowest BCUT2D eigenvalue weighted by atomic mass is 10.2. The molecule has 0 fully saturated rings. The lowest BCUT2D eigenvalue weighted by Gasteiger charge is -2.14. The van der Waals surface area contributed by atoms with Gasteiger partial charge in [-0.2, -0.15) is 0 Å². The fourth-order valence-electron chi connectivity index (χ4n) is 3.04. The Morgan fingerprint density at radius 2 is 2.12 bits per heavy atom. The van der Waals surface area contributed by atoms with Crippen molar-refractivity contribution < 1.29 is 9.21 Å². The van der Waals surface area contributed by atoms with E-state index in [2.05, 4.69) is 20.1 Å². The first-order valence-corrected chi connectivity index (χ1v) is 7.98. The highest BCUT2D eigenvalue weighted by Crippen LogP contribution is 2.14. The number of nitrogens with zero attached hydrogens (tertiary/aromatic N) is 4. The molecule has 1 aromatic carbocycles. The van der Waals surface area contributed by atoms with E-state index in [1.54, 1.807) is 24.3 Å². The van der Waals surface area contributed by atoms with Crippen LogP contribution in [0.25, 0.3) is 11.1 Å². The summed E-state index contributed by atoms with van der Waals surface area (Å²) in [4.78, 5) is 24.1. The molecule has 3 heterocycles. The number of para-hydroxylation sites is 2. The number of rotatable bonds is 4. The van der Waals surface area contributed by atoms with Gasteiger partial charge in [-0.1, -0.05) is 12.1 Å². The van der Waals surface area contributed by atoms with Gasteiger partial charge in [-0.05, 0) is 25.0 Å². The van der Waals surface area contributed by atoms with Gasteiger partial charge in [-0.3, -0.25) is 9.36 Å². The van der Waals surface area contributed by atoms with Crippen LogP contribution >= 0.6 is 0 Å². The summed E-state index contributed by atoms with van der Waals surface area (Å²) in [6.45, 7) is 1.10. The van der Waals surface area contributed by atoms with Crippen LogP contribution in [-0.2, 0) is 30.8 Å². The Kier molecular flexibility index (Phi) is 3.64. The Hall–Kier alpha value is -2.90. The van der Waals surface area contributed by atoms with E-state index in [0.29, 0.717) is 17.6 Å². The van der Waals surface area contributed by atoms with E-state index >= 15 is 0 Å². The number of nitrogens with one attached hydrogen (secondary N) is 1. The Morgan fingerprint density at radius 1 is 1.25 bits per heavy atom. The predicted octanol–water partition coefficient (Wildman–Crippen LogP) is 0.839. The lowest BCUT2D eigenvalue weighted by molar-refractivity contribution is -0.121. The number of benzene rings is 1. The molecular weight excluding hydrogens is 310 g/mol. The van der Waals surface area contributed by atoms with Gasteiger partial charge < -0.3 is 14.3 Å². The van der Waals surface area contributed by atoms with Gasteiger partial charge in [0.2, 0.25) is 5.91 Å². The average Bonchev–Trinajstić information content (AvgIpc) is 3.15. The Balaban J connectivity index is 1.46. The molecule has 0 unspecified atom stereocenters. The summed E-state index contributed by atoms with van der Waals surface area (Å²) in [6, 6.07) is 7.04. The van der Waals surface area contributed by atoms with Crippen molar-refractivity contribution in [2.75, 3.05) is 0 Å². The molecule has 0 aliphatic carbocycles. The number of fused-ring (bicyclic) bond motifs is 2. The summed E-state index contributed by atoms with van der Waals surface area (Å²) < 4.78 is 8.51. The van der Waals surface area contributed by atoms with Crippen molar-refractivity contribution >= 4 is 17.0 Å². The van der Waals surface area contributed by atoms with Gasteiger partial charge in [-0.15, -0.1) is 10.2 Å². The molecule has 0 spiro atoms. The highest BCUT2D eigenvalue weighted by molar-refractivity contribution is 5.79. The Labute approximate surface area is 137 Å². The molecule has 8 nitrogen and oxygen atoms in total. The van der Waals surface area contributed by atoms with E-state index in [4.69, 9.17) is 4.42 Å². The number of oxazole rings is 1. The van der Waals surface area contributed by atoms with E-state index in [1.165, 1.54) is 4.57 Å². The molecule has 1 aliphatic rings. The van der Waals surface area contributed by atoms with Crippen LogP contribution < -0.4 is 11.1 Å². The molecule has 0 atom stereocenters. The molecule has 8 heteroatoms. The van der Waals surface area contributed by atoms with Gasteiger partial charge in [-0.25, -0.2) is 4.79 Å². The van der Waals surface area contributed by atoms with Gasteiger partial charge in [0.05, 0.1) is 12.1 Å². The molecule has 124 valence electrons. The SMILES string of the molecule is O=C(Cn1c(=O)oc2ccccc21)NCc1nnc2n1CCCC2. The second-order valence-corrected chi connectivity index (χ2v) is 5.84.